The van der Waals surface area contributed by atoms with E-state index in [9.17, 15) is 10.2 Å². The van der Waals surface area contributed by atoms with Gasteiger partial charge in [-0.3, -0.25) is 0 Å². The Morgan fingerprint density at radius 2 is 0.722 bits per heavy atom. The maximum Gasteiger partial charge on any atom is 0.127 e. The zero-order chi connectivity index (χ0) is 13.8. The predicted octanol–water partition coefficient (Wildman–Crippen LogP) is 4.10. The molecule has 0 saturated carbocycles. The molecule has 96 valence electrons. The highest BCUT2D eigenvalue weighted by Gasteiger charge is 2.19. The first kappa shape index (κ1) is 12.7. The predicted molar refractivity (Wildman–Crippen MR) is 75.7 cm³/mol. The highest BCUT2D eigenvalue weighted by atomic mass is 16.3. The number of phenols is 2. The van der Waals surface area contributed by atoms with Gasteiger partial charge in [-0.15, -0.1) is 0 Å². The van der Waals surface area contributed by atoms with Gasteiger partial charge in [0.25, 0.3) is 0 Å². The maximum absolute atomic E-state index is 10.4. The van der Waals surface area contributed by atoms with E-state index in [1.54, 1.807) is 0 Å². The van der Waals surface area contributed by atoms with E-state index >= 15 is 0 Å². The fourth-order valence-corrected chi connectivity index (χ4v) is 2.63. The molecule has 18 heavy (non-hydrogen) atoms. The van der Waals surface area contributed by atoms with Crippen LogP contribution in [0.2, 0.25) is 0 Å². The lowest BCUT2D eigenvalue weighted by Crippen LogP contribution is -1.97. The van der Waals surface area contributed by atoms with Crippen LogP contribution in [-0.4, -0.2) is 10.2 Å². The first-order valence-electron chi connectivity index (χ1n) is 6.20. The molecule has 2 aromatic carbocycles. The van der Waals surface area contributed by atoms with Crippen molar-refractivity contribution >= 4 is 10.8 Å². The zero-order valence-electron chi connectivity index (χ0n) is 11.9. The fraction of sp³-hybridized carbons (Fsp3) is 0.375. The average Bonchev–Trinajstić information content (AvgIpc) is 2.35. The Balaban J connectivity index is 3.22. The minimum Gasteiger partial charge on any atom is -0.507 e. The molecule has 0 radical (unpaired) electrons. The molecule has 0 bridgehead atoms. The smallest absolute Gasteiger partial charge is 0.127 e. The van der Waals surface area contributed by atoms with Gasteiger partial charge in [0.05, 0.1) is 0 Å². The molecular formula is C16H20O2. The summed E-state index contributed by atoms with van der Waals surface area (Å²) in [5, 5.41) is 22.3. The molecule has 2 rings (SSSR count). The molecule has 0 heterocycles. The molecule has 0 aromatic heterocycles. The first-order valence-corrected chi connectivity index (χ1v) is 6.20. The van der Waals surface area contributed by atoms with Crippen LogP contribution < -0.4 is 0 Å². The van der Waals surface area contributed by atoms with Crippen molar-refractivity contribution in [2.24, 2.45) is 0 Å². The number of hydrogen-bond acceptors (Lipinski definition) is 2. The lowest BCUT2D eigenvalue weighted by molar-refractivity contribution is 0.462. The standard InChI is InChI=1S/C16H20O2/c1-7-8(2)10(4)14-13(9(7)3)15(17)11(5)12(6)16(14)18/h17-18H,1-6H3. The molecule has 0 amide bonds. The quantitative estimate of drug-likeness (QED) is 0.685. The Labute approximate surface area is 108 Å². The highest BCUT2D eigenvalue weighted by molar-refractivity contribution is 6.01. The molecule has 2 aromatic rings. The minimum atomic E-state index is 0.295. The lowest BCUT2D eigenvalue weighted by atomic mass is 9.88. The van der Waals surface area contributed by atoms with Crippen LogP contribution in [-0.2, 0) is 0 Å². The zero-order valence-corrected chi connectivity index (χ0v) is 11.9. The summed E-state index contributed by atoms with van der Waals surface area (Å²) in [6.45, 7) is 11.8. The minimum absolute atomic E-state index is 0.295. The molecule has 2 heteroatoms. The summed E-state index contributed by atoms with van der Waals surface area (Å²) in [5.41, 5.74) is 5.96. The third kappa shape index (κ3) is 1.41. The van der Waals surface area contributed by atoms with Crippen LogP contribution in [0.5, 0.6) is 11.5 Å². The molecule has 0 aliphatic carbocycles. The summed E-state index contributed by atoms with van der Waals surface area (Å²) in [6.07, 6.45) is 0. The van der Waals surface area contributed by atoms with E-state index in [-0.39, 0.29) is 0 Å². The van der Waals surface area contributed by atoms with Gasteiger partial charge in [-0.25, -0.2) is 0 Å². The van der Waals surface area contributed by atoms with E-state index in [2.05, 4.69) is 13.8 Å². The Morgan fingerprint density at radius 3 is 1.00 bits per heavy atom. The maximum atomic E-state index is 10.4. The number of aryl methyl sites for hydroxylation is 2. The van der Waals surface area contributed by atoms with Crippen molar-refractivity contribution in [1.82, 2.24) is 0 Å². The summed E-state index contributed by atoms with van der Waals surface area (Å²) in [4.78, 5) is 0. The van der Waals surface area contributed by atoms with Crippen molar-refractivity contribution in [3.05, 3.63) is 33.4 Å². The van der Waals surface area contributed by atoms with Crippen molar-refractivity contribution in [3.63, 3.8) is 0 Å². The Bertz CT molecular complexity index is 554. The molecule has 2 N–H and O–H groups in total. The van der Waals surface area contributed by atoms with Crippen molar-refractivity contribution in [3.8, 4) is 11.5 Å². The molecular weight excluding hydrogens is 224 g/mol. The van der Waals surface area contributed by atoms with Gasteiger partial charge in [0.2, 0.25) is 0 Å². The normalized spacial score (nSPS) is 11.2. The third-order valence-corrected chi connectivity index (χ3v) is 4.43. The SMILES string of the molecule is Cc1c(C)c(C)c2c(O)c(C)c(C)c(O)c2c1C. The topological polar surface area (TPSA) is 40.5 Å². The molecule has 2 nitrogen and oxygen atoms in total. The van der Waals surface area contributed by atoms with E-state index in [0.717, 1.165) is 33.0 Å². The molecule has 0 aliphatic rings. The summed E-state index contributed by atoms with van der Waals surface area (Å²) < 4.78 is 0. The van der Waals surface area contributed by atoms with Gasteiger partial charge in [-0.1, -0.05) is 0 Å². The van der Waals surface area contributed by atoms with Crippen LogP contribution in [0.25, 0.3) is 10.8 Å². The monoisotopic (exact) mass is 244 g/mol. The Kier molecular flexibility index (Phi) is 2.77. The van der Waals surface area contributed by atoms with Crippen LogP contribution in [0.1, 0.15) is 33.4 Å². The second-order valence-electron chi connectivity index (χ2n) is 5.20. The number of fused-ring (bicyclic) bond motifs is 1. The fourth-order valence-electron chi connectivity index (χ4n) is 2.63. The number of hydrogen-bond donors (Lipinski definition) is 2. The number of phenolic OH excluding ortho intramolecular Hbond substituents is 2. The van der Waals surface area contributed by atoms with Gasteiger partial charge >= 0.3 is 0 Å². The van der Waals surface area contributed by atoms with Crippen molar-refractivity contribution in [1.29, 1.82) is 0 Å². The molecule has 0 fully saturated rings. The van der Waals surface area contributed by atoms with Crippen LogP contribution in [0, 0.1) is 41.5 Å². The van der Waals surface area contributed by atoms with Gasteiger partial charge < -0.3 is 10.2 Å². The summed E-state index contributed by atoms with van der Waals surface area (Å²) in [6, 6.07) is 0. The summed E-state index contributed by atoms with van der Waals surface area (Å²) in [7, 11) is 0. The van der Waals surface area contributed by atoms with E-state index in [1.165, 1.54) is 11.1 Å². The summed E-state index contributed by atoms with van der Waals surface area (Å²) in [5.74, 6) is 0.591. The molecule has 0 spiro atoms. The molecule has 0 atom stereocenters. The van der Waals surface area contributed by atoms with Crippen molar-refractivity contribution in [2.45, 2.75) is 41.5 Å². The van der Waals surface area contributed by atoms with Crippen LogP contribution >= 0.6 is 0 Å². The van der Waals surface area contributed by atoms with Gasteiger partial charge in [0.15, 0.2) is 0 Å². The largest absolute Gasteiger partial charge is 0.507 e. The Morgan fingerprint density at radius 1 is 0.444 bits per heavy atom. The highest BCUT2D eigenvalue weighted by Crippen LogP contribution is 2.43. The number of aromatic hydroxyl groups is 2. The van der Waals surface area contributed by atoms with Crippen molar-refractivity contribution < 1.29 is 10.2 Å². The number of benzene rings is 2. The molecule has 0 unspecified atom stereocenters. The van der Waals surface area contributed by atoms with Gasteiger partial charge in [0.1, 0.15) is 11.5 Å². The second kappa shape index (κ2) is 3.91. The molecule has 0 aliphatic heterocycles. The number of rotatable bonds is 0. The van der Waals surface area contributed by atoms with E-state index < -0.39 is 0 Å². The van der Waals surface area contributed by atoms with E-state index in [0.29, 0.717) is 11.5 Å². The van der Waals surface area contributed by atoms with Gasteiger partial charge in [-0.05, 0) is 74.9 Å². The van der Waals surface area contributed by atoms with Crippen LogP contribution in [0.3, 0.4) is 0 Å². The Hall–Kier alpha value is -1.70. The van der Waals surface area contributed by atoms with Crippen LogP contribution in [0.4, 0.5) is 0 Å². The van der Waals surface area contributed by atoms with E-state index in [1.807, 2.05) is 27.7 Å². The summed E-state index contributed by atoms with van der Waals surface area (Å²) >= 11 is 0. The van der Waals surface area contributed by atoms with Gasteiger partial charge in [0, 0.05) is 10.8 Å². The van der Waals surface area contributed by atoms with Crippen molar-refractivity contribution in [2.75, 3.05) is 0 Å². The third-order valence-electron chi connectivity index (χ3n) is 4.43. The lowest BCUT2D eigenvalue weighted by Gasteiger charge is -2.19. The van der Waals surface area contributed by atoms with Crippen LogP contribution in [0.15, 0.2) is 0 Å². The average molecular weight is 244 g/mol. The molecule has 0 saturated heterocycles. The first-order chi connectivity index (χ1) is 8.29. The second-order valence-corrected chi connectivity index (χ2v) is 5.20. The van der Waals surface area contributed by atoms with E-state index in [4.69, 9.17) is 0 Å². The van der Waals surface area contributed by atoms with Gasteiger partial charge in [-0.2, -0.15) is 0 Å².